The van der Waals surface area contributed by atoms with E-state index in [4.69, 9.17) is 0 Å². The van der Waals surface area contributed by atoms with Gasteiger partial charge in [0.05, 0.1) is 11.2 Å². The lowest BCUT2D eigenvalue weighted by Gasteiger charge is -2.35. The van der Waals surface area contributed by atoms with Crippen LogP contribution in [-0.2, 0) is 12.8 Å². The third-order valence-electron chi connectivity index (χ3n) is 4.96. The summed E-state index contributed by atoms with van der Waals surface area (Å²) in [5.41, 5.74) is 2.27. The summed E-state index contributed by atoms with van der Waals surface area (Å²) in [6.45, 7) is 2.73. The highest BCUT2D eigenvalue weighted by atomic mass is 16.3. The Morgan fingerprint density at radius 1 is 1.43 bits per heavy atom. The summed E-state index contributed by atoms with van der Waals surface area (Å²) < 4.78 is 0. The van der Waals surface area contributed by atoms with Gasteiger partial charge in [-0.1, -0.05) is 6.92 Å². The molecular formula is C17H23N3O. The van der Waals surface area contributed by atoms with Gasteiger partial charge in [0.2, 0.25) is 0 Å². The molecule has 0 aliphatic heterocycles. The Kier molecular flexibility index (Phi) is 3.86. The topological polar surface area (TPSA) is 68.9 Å². The monoisotopic (exact) mass is 285 g/mol. The van der Waals surface area contributed by atoms with Crippen molar-refractivity contribution in [2.45, 2.75) is 57.5 Å². The van der Waals surface area contributed by atoms with Gasteiger partial charge in [-0.15, -0.1) is 0 Å². The Labute approximate surface area is 126 Å². The van der Waals surface area contributed by atoms with E-state index in [2.05, 4.69) is 23.3 Å². The number of aromatic nitrogens is 1. The third-order valence-corrected chi connectivity index (χ3v) is 4.96. The highest BCUT2D eigenvalue weighted by Crippen LogP contribution is 2.32. The van der Waals surface area contributed by atoms with Crippen LogP contribution in [0, 0.1) is 17.2 Å². The number of nitrogens with one attached hydrogen (secondary N) is 1. The molecule has 3 rings (SSSR count). The highest BCUT2D eigenvalue weighted by Gasteiger charge is 2.32. The van der Waals surface area contributed by atoms with Crippen LogP contribution in [0.25, 0.3) is 0 Å². The fraction of sp³-hybridized carbons (Fsp3) is 0.647. The van der Waals surface area contributed by atoms with Crippen LogP contribution in [0.4, 0.5) is 5.82 Å². The second-order valence-corrected chi connectivity index (χ2v) is 6.72. The van der Waals surface area contributed by atoms with Crippen molar-refractivity contribution < 1.29 is 5.11 Å². The fourth-order valence-electron chi connectivity index (χ4n) is 3.42. The van der Waals surface area contributed by atoms with Gasteiger partial charge in [0.15, 0.2) is 0 Å². The van der Waals surface area contributed by atoms with Gasteiger partial charge in [0, 0.05) is 12.2 Å². The van der Waals surface area contributed by atoms with E-state index in [0.29, 0.717) is 23.8 Å². The smallest absolute Gasteiger partial charge is 0.144 e. The Morgan fingerprint density at radius 2 is 2.19 bits per heavy atom. The Balaban J connectivity index is 1.72. The van der Waals surface area contributed by atoms with Gasteiger partial charge >= 0.3 is 0 Å². The summed E-state index contributed by atoms with van der Waals surface area (Å²) in [6, 6.07) is 4.19. The van der Waals surface area contributed by atoms with Crippen molar-refractivity contribution in [2.24, 2.45) is 5.92 Å². The van der Waals surface area contributed by atoms with E-state index in [0.717, 1.165) is 50.6 Å². The largest absolute Gasteiger partial charge is 0.388 e. The maximum atomic E-state index is 10.6. The van der Waals surface area contributed by atoms with E-state index >= 15 is 0 Å². The number of anilines is 1. The summed E-state index contributed by atoms with van der Waals surface area (Å²) in [7, 11) is 0. The molecule has 1 heterocycles. The summed E-state index contributed by atoms with van der Waals surface area (Å²) >= 11 is 0. The molecule has 4 heteroatoms. The van der Waals surface area contributed by atoms with Gasteiger partial charge in [0.1, 0.15) is 11.9 Å². The minimum atomic E-state index is -0.653. The molecular weight excluding hydrogens is 262 g/mol. The highest BCUT2D eigenvalue weighted by molar-refractivity contribution is 5.55. The molecule has 0 saturated heterocycles. The number of hydrogen-bond acceptors (Lipinski definition) is 4. The van der Waals surface area contributed by atoms with E-state index in [1.54, 1.807) is 0 Å². The third kappa shape index (κ3) is 3.03. The van der Waals surface area contributed by atoms with Crippen molar-refractivity contribution in [3.05, 3.63) is 22.9 Å². The number of fused-ring (bicyclic) bond motifs is 1. The molecule has 0 unspecified atom stereocenters. The maximum Gasteiger partial charge on any atom is 0.144 e. The number of rotatable bonds is 3. The molecule has 4 nitrogen and oxygen atoms in total. The standard InChI is InChI=1S/C17H23N3O/c1-12-5-7-17(21,8-6-12)11-19-16-14(10-18)9-13-3-2-4-15(13)20-16/h9,12,21H,2-8,11H2,1H3,(H,19,20). The molecule has 0 amide bonds. The van der Waals surface area contributed by atoms with Gasteiger partial charge in [-0.2, -0.15) is 5.26 Å². The van der Waals surface area contributed by atoms with Crippen LogP contribution in [0.3, 0.4) is 0 Å². The molecule has 2 aliphatic rings. The molecule has 0 bridgehead atoms. The second-order valence-electron chi connectivity index (χ2n) is 6.72. The number of aliphatic hydroxyl groups is 1. The van der Waals surface area contributed by atoms with E-state index in [1.807, 2.05) is 6.07 Å². The molecule has 0 aromatic carbocycles. The first-order chi connectivity index (χ1) is 10.1. The van der Waals surface area contributed by atoms with Gasteiger partial charge in [-0.3, -0.25) is 0 Å². The number of hydrogen-bond donors (Lipinski definition) is 2. The van der Waals surface area contributed by atoms with E-state index in [1.165, 1.54) is 5.56 Å². The summed E-state index contributed by atoms with van der Waals surface area (Å²) in [5, 5.41) is 23.2. The zero-order valence-corrected chi connectivity index (χ0v) is 12.7. The molecule has 1 aromatic rings. The van der Waals surface area contributed by atoms with Crippen molar-refractivity contribution in [3.63, 3.8) is 0 Å². The number of pyridine rings is 1. The van der Waals surface area contributed by atoms with Crippen LogP contribution in [0.2, 0.25) is 0 Å². The summed E-state index contributed by atoms with van der Waals surface area (Å²) in [5.74, 6) is 1.35. The lowest BCUT2D eigenvalue weighted by atomic mass is 9.79. The van der Waals surface area contributed by atoms with Crippen LogP contribution in [0.15, 0.2) is 6.07 Å². The molecule has 2 aliphatic carbocycles. The quantitative estimate of drug-likeness (QED) is 0.896. The van der Waals surface area contributed by atoms with E-state index in [9.17, 15) is 10.4 Å². The van der Waals surface area contributed by atoms with Crippen LogP contribution in [0.5, 0.6) is 0 Å². The van der Waals surface area contributed by atoms with Crippen LogP contribution in [-0.4, -0.2) is 22.2 Å². The zero-order valence-electron chi connectivity index (χ0n) is 12.7. The minimum absolute atomic E-state index is 0.486. The van der Waals surface area contributed by atoms with Crippen molar-refractivity contribution in [2.75, 3.05) is 11.9 Å². The molecule has 1 aromatic heterocycles. The van der Waals surface area contributed by atoms with E-state index < -0.39 is 5.60 Å². The number of aryl methyl sites for hydroxylation is 2. The first kappa shape index (κ1) is 14.3. The van der Waals surface area contributed by atoms with Gasteiger partial charge in [-0.05, 0) is 62.5 Å². The average molecular weight is 285 g/mol. The minimum Gasteiger partial charge on any atom is -0.388 e. The number of nitrogens with zero attached hydrogens (tertiary/aromatic N) is 2. The summed E-state index contributed by atoms with van der Waals surface area (Å²) in [6.07, 6.45) is 6.94. The predicted octanol–water partition coefficient (Wildman–Crippen LogP) is 2.80. The molecule has 2 N–H and O–H groups in total. The Hall–Kier alpha value is -1.60. The Morgan fingerprint density at radius 3 is 2.90 bits per heavy atom. The van der Waals surface area contributed by atoms with Crippen molar-refractivity contribution in [1.82, 2.24) is 4.98 Å². The molecule has 112 valence electrons. The molecule has 0 atom stereocenters. The molecule has 21 heavy (non-hydrogen) atoms. The molecule has 0 spiro atoms. The van der Waals surface area contributed by atoms with Crippen LogP contribution in [0.1, 0.15) is 55.8 Å². The normalized spacial score (nSPS) is 28.0. The van der Waals surface area contributed by atoms with Crippen LogP contribution < -0.4 is 5.32 Å². The number of nitriles is 1. The second kappa shape index (κ2) is 5.65. The lowest BCUT2D eigenvalue weighted by molar-refractivity contribution is 0.00494. The Bertz CT molecular complexity index is 568. The lowest BCUT2D eigenvalue weighted by Crippen LogP contribution is -2.40. The average Bonchev–Trinajstić information content (AvgIpc) is 2.95. The maximum absolute atomic E-state index is 10.6. The summed E-state index contributed by atoms with van der Waals surface area (Å²) in [4.78, 5) is 4.61. The molecule has 0 radical (unpaired) electrons. The van der Waals surface area contributed by atoms with Crippen molar-refractivity contribution in [3.8, 4) is 6.07 Å². The fourth-order valence-corrected chi connectivity index (χ4v) is 3.42. The first-order valence-electron chi connectivity index (χ1n) is 7.99. The van der Waals surface area contributed by atoms with Crippen LogP contribution >= 0.6 is 0 Å². The van der Waals surface area contributed by atoms with Crippen molar-refractivity contribution >= 4 is 5.82 Å². The van der Waals surface area contributed by atoms with E-state index in [-0.39, 0.29) is 0 Å². The molecule has 1 saturated carbocycles. The molecule has 1 fully saturated rings. The van der Waals surface area contributed by atoms with Gasteiger partial charge in [0.25, 0.3) is 0 Å². The zero-order chi connectivity index (χ0) is 14.9. The predicted molar refractivity (Wildman–Crippen MR) is 82.0 cm³/mol. The van der Waals surface area contributed by atoms with Crippen molar-refractivity contribution in [1.29, 1.82) is 5.26 Å². The van der Waals surface area contributed by atoms with Gasteiger partial charge in [-0.25, -0.2) is 4.98 Å². The first-order valence-corrected chi connectivity index (χ1v) is 7.99. The SMILES string of the molecule is CC1CCC(O)(CNc2nc3c(cc2C#N)CCC3)CC1. The van der Waals surface area contributed by atoms with Gasteiger partial charge < -0.3 is 10.4 Å².